The van der Waals surface area contributed by atoms with Crippen molar-refractivity contribution in [2.45, 2.75) is 87.5 Å². The van der Waals surface area contributed by atoms with Gasteiger partial charge in [0.2, 0.25) is 0 Å². The molecule has 0 heterocycles. The summed E-state index contributed by atoms with van der Waals surface area (Å²) in [6, 6.07) is 4.81. The minimum atomic E-state index is 0.216. The minimum absolute atomic E-state index is 0.216. The van der Waals surface area contributed by atoms with Gasteiger partial charge in [-0.05, 0) is 106 Å². The first-order valence-electron chi connectivity index (χ1n) is 11.3. The number of rotatable bonds is 8. The highest BCUT2D eigenvalue weighted by Gasteiger charge is 2.25. The van der Waals surface area contributed by atoms with E-state index in [1.165, 1.54) is 52.7 Å². The van der Waals surface area contributed by atoms with Crippen molar-refractivity contribution in [3.05, 3.63) is 69.8 Å². The highest BCUT2D eigenvalue weighted by atomic mass is 14.3. The Labute approximate surface area is 180 Å². The molecule has 1 aromatic carbocycles. The van der Waals surface area contributed by atoms with Gasteiger partial charge in [-0.2, -0.15) is 0 Å². The predicted octanol–water partition coefficient (Wildman–Crippen LogP) is 9.10. The summed E-state index contributed by atoms with van der Waals surface area (Å²) >= 11 is 0. The monoisotopic (exact) mass is 390 g/mol. The summed E-state index contributed by atoms with van der Waals surface area (Å²) in [5.41, 5.74) is 8.98. The maximum absolute atomic E-state index is 2.44. The Hall–Kier alpha value is -1.82. The van der Waals surface area contributed by atoms with E-state index in [0.717, 1.165) is 12.8 Å². The number of benzene rings is 1. The van der Waals surface area contributed by atoms with E-state index in [9.17, 15) is 0 Å². The van der Waals surface area contributed by atoms with E-state index in [1.54, 1.807) is 0 Å². The third-order valence-corrected chi connectivity index (χ3v) is 6.11. The van der Waals surface area contributed by atoms with Gasteiger partial charge in [0.25, 0.3) is 0 Å². The summed E-state index contributed by atoms with van der Waals surface area (Å²) in [5, 5.41) is 0. The van der Waals surface area contributed by atoms with Crippen molar-refractivity contribution in [3.63, 3.8) is 0 Å². The maximum Gasteiger partial charge on any atom is -0.00997 e. The van der Waals surface area contributed by atoms with Gasteiger partial charge in [-0.3, -0.25) is 0 Å². The first-order chi connectivity index (χ1) is 13.5. The van der Waals surface area contributed by atoms with Crippen molar-refractivity contribution in [2.24, 2.45) is 10.8 Å². The molecule has 0 spiro atoms. The first-order valence-corrected chi connectivity index (χ1v) is 11.3. The molecular formula is C29H42. The zero-order valence-electron chi connectivity index (χ0n) is 20.2. The van der Waals surface area contributed by atoms with Crippen LogP contribution in [0, 0.1) is 17.8 Å². The van der Waals surface area contributed by atoms with Crippen molar-refractivity contribution in [2.75, 3.05) is 0 Å². The zero-order chi connectivity index (χ0) is 21.7. The molecule has 0 fully saturated rings. The Kier molecular flexibility index (Phi) is 7.92. The second-order valence-electron chi connectivity index (χ2n) is 10.5. The van der Waals surface area contributed by atoms with Crippen LogP contribution in [0.25, 0.3) is 12.2 Å². The van der Waals surface area contributed by atoms with Crippen LogP contribution in [0.15, 0.2) is 47.6 Å². The van der Waals surface area contributed by atoms with Crippen LogP contribution in [0.1, 0.15) is 96.4 Å². The lowest BCUT2D eigenvalue weighted by molar-refractivity contribution is 0.390. The average molecular weight is 391 g/mol. The number of fused-ring (bicyclic) bond motifs is 1. The van der Waals surface area contributed by atoms with Gasteiger partial charge in [0.1, 0.15) is 0 Å². The molecule has 0 bridgehead atoms. The fourth-order valence-electron chi connectivity index (χ4n) is 4.07. The van der Waals surface area contributed by atoms with Crippen LogP contribution in [-0.4, -0.2) is 0 Å². The minimum Gasteiger partial charge on any atom is -0.0859 e. The molecule has 1 aromatic rings. The van der Waals surface area contributed by atoms with E-state index in [0.29, 0.717) is 0 Å². The molecule has 1 atom stereocenters. The van der Waals surface area contributed by atoms with Gasteiger partial charge in [-0.25, -0.2) is 0 Å². The molecule has 0 aromatic heterocycles. The number of aryl methyl sites for hydroxylation is 1. The largest absolute Gasteiger partial charge is 0.0859 e. The van der Waals surface area contributed by atoms with Crippen LogP contribution in [0.5, 0.6) is 0 Å². The van der Waals surface area contributed by atoms with Crippen LogP contribution >= 0.6 is 0 Å². The van der Waals surface area contributed by atoms with E-state index < -0.39 is 0 Å². The summed E-state index contributed by atoms with van der Waals surface area (Å²) in [6.07, 6.45) is 20.1. The van der Waals surface area contributed by atoms with Crippen LogP contribution in [0.4, 0.5) is 0 Å². The van der Waals surface area contributed by atoms with Crippen molar-refractivity contribution in [1.82, 2.24) is 0 Å². The van der Waals surface area contributed by atoms with Gasteiger partial charge < -0.3 is 0 Å². The molecule has 0 saturated heterocycles. The molecule has 0 heteroatoms. The normalized spacial score (nSPS) is 18.6. The third kappa shape index (κ3) is 7.50. The van der Waals surface area contributed by atoms with E-state index in [1.807, 2.05) is 0 Å². The van der Waals surface area contributed by atoms with E-state index in [-0.39, 0.29) is 10.8 Å². The van der Waals surface area contributed by atoms with Gasteiger partial charge in [-0.15, -0.1) is 0 Å². The van der Waals surface area contributed by atoms with Gasteiger partial charge in [0.15, 0.2) is 0 Å². The summed E-state index contributed by atoms with van der Waals surface area (Å²) < 4.78 is 0. The molecule has 29 heavy (non-hydrogen) atoms. The van der Waals surface area contributed by atoms with E-state index >= 15 is 0 Å². The fraction of sp³-hybridized carbons (Fsp3) is 0.517. The van der Waals surface area contributed by atoms with Crippen molar-refractivity contribution >= 4 is 12.2 Å². The van der Waals surface area contributed by atoms with Crippen LogP contribution < -0.4 is 0 Å². The molecule has 1 aliphatic carbocycles. The van der Waals surface area contributed by atoms with Gasteiger partial charge >= 0.3 is 0 Å². The van der Waals surface area contributed by atoms with Crippen molar-refractivity contribution < 1.29 is 0 Å². The van der Waals surface area contributed by atoms with E-state index in [4.69, 9.17) is 0 Å². The summed E-state index contributed by atoms with van der Waals surface area (Å²) in [7, 11) is 0. The number of allylic oxidation sites excluding steroid dienone is 6. The smallest absolute Gasteiger partial charge is 0.00997 e. The van der Waals surface area contributed by atoms with Crippen LogP contribution in [0.3, 0.4) is 0 Å². The Morgan fingerprint density at radius 1 is 1.03 bits per heavy atom. The molecule has 1 aliphatic rings. The number of hydrogen-bond donors (Lipinski definition) is 0. The first kappa shape index (κ1) is 23.5. The van der Waals surface area contributed by atoms with E-state index in [2.05, 4.69) is 104 Å². The quantitative estimate of drug-likeness (QED) is 0.388. The molecule has 2 rings (SSSR count). The highest BCUT2D eigenvalue weighted by Crippen LogP contribution is 2.38. The average Bonchev–Trinajstić information content (AvgIpc) is 2.59. The topological polar surface area (TPSA) is 0 Å². The van der Waals surface area contributed by atoms with Crippen molar-refractivity contribution in [1.29, 1.82) is 0 Å². The number of hydrogen-bond acceptors (Lipinski definition) is 0. The maximum atomic E-state index is 2.44. The molecular weight excluding hydrogens is 348 g/mol. The van der Waals surface area contributed by atoms with Crippen LogP contribution in [-0.2, 0) is 6.42 Å². The standard InChI is InChI=1S/C29H42/c1-22(2)11-9-15-28(6,7)17-13-25-20-26-14-18-29(8,16-10-12-23(3)4)21-27(26)19-24(25)5/h11-14,17-20H,9-10,15-16,21H2,1-8H3/b17-13-. The Bertz CT molecular complexity index is 818. The third-order valence-electron chi connectivity index (χ3n) is 6.11. The van der Waals surface area contributed by atoms with Crippen LogP contribution in [0.2, 0.25) is 0 Å². The lowest BCUT2D eigenvalue weighted by atomic mass is 9.74. The molecule has 158 valence electrons. The SMILES string of the molecule is CC(C)=CCCC(C)(C)/C=C\c1cc2c(cc1C)CC(C)(CCC=C(C)C)C=C2. The van der Waals surface area contributed by atoms with Gasteiger partial charge in [0.05, 0.1) is 0 Å². The Balaban J connectivity index is 2.13. The second-order valence-corrected chi connectivity index (χ2v) is 10.5. The highest BCUT2D eigenvalue weighted by molar-refractivity contribution is 5.65. The Morgan fingerprint density at radius 2 is 1.69 bits per heavy atom. The lowest BCUT2D eigenvalue weighted by Gasteiger charge is -2.31. The van der Waals surface area contributed by atoms with Crippen molar-refractivity contribution in [3.8, 4) is 0 Å². The van der Waals surface area contributed by atoms with Gasteiger partial charge in [0, 0.05) is 0 Å². The Morgan fingerprint density at radius 3 is 2.34 bits per heavy atom. The molecule has 0 amide bonds. The predicted molar refractivity (Wildman–Crippen MR) is 132 cm³/mol. The lowest BCUT2D eigenvalue weighted by Crippen LogP contribution is -2.20. The molecule has 0 N–H and O–H groups in total. The molecule has 0 aliphatic heterocycles. The van der Waals surface area contributed by atoms with Gasteiger partial charge in [-0.1, -0.05) is 74.4 Å². The summed E-state index contributed by atoms with van der Waals surface area (Å²) in [6.45, 7) is 18.1. The molecule has 0 radical (unpaired) electrons. The molecule has 0 saturated carbocycles. The molecule has 1 unspecified atom stereocenters. The zero-order valence-corrected chi connectivity index (χ0v) is 20.2. The summed E-state index contributed by atoms with van der Waals surface area (Å²) in [4.78, 5) is 0. The summed E-state index contributed by atoms with van der Waals surface area (Å²) in [5.74, 6) is 0. The molecule has 0 nitrogen and oxygen atoms in total. The second kappa shape index (κ2) is 9.79. The fourth-order valence-corrected chi connectivity index (χ4v) is 4.07.